The zero-order chi connectivity index (χ0) is 21.8. The Kier molecular flexibility index (Phi) is 7.06. The van der Waals surface area contributed by atoms with Gasteiger partial charge in [-0.2, -0.15) is 0 Å². The lowest BCUT2D eigenvalue weighted by atomic mass is 9.86. The number of aliphatic hydroxyl groups excluding tert-OH is 1. The van der Waals surface area contributed by atoms with Crippen molar-refractivity contribution in [3.8, 4) is 5.75 Å². The molecule has 1 aliphatic heterocycles. The highest BCUT2D eigenvalue weighted by atomic mass is 16.6. The standard InChI is InChI=1S/C23H30O6/c1-15(14-22(4)21(25)23(5,26)17(3)29-22)11-9-7-8-10-12-18-16(2)19(27-6)13-20(24)28-18/h7-14,17,21,25-26H,1-6H3/b8-7+,11-9+,12-10+,15-14+. The second-order valence-electron chi connectivity index (χ2n) is 7.69. The van der Waals surface area contributed by atoms with Crippen molar-refractivity contribution in [3.63, 3.8) is 0 Å². The summed E-state index contributed by atoms with van der Waals surface area (Å²) in [7, 11) is 1.51. The van der Waals surface area contributed by atoms with E-state index in [-0.39, 0.29) is 0 Å². The van der Waals surface area contributed by atoms with E-state index in [4.69, 9.17) is 13.9 Å². The topological polar surface area (TPSA) is 89.1 Å². The van der Waals surface area contributed by atoms with E-state index in [1.807, 2.05) is 38.2 Å². The van der Waals surface area contributed by atoms with E-state index in [2.05, 4.69) is 0 Å². The molecule has 4 atom stereocenters. The van der Waals surface area contributed by atoms with Crippen LogP contribution in [0.2, 0.25) is 0 Å². The molecule has 2 heterocycles. The first kappa shape index (κ1) is 22.9. The molecule has 0 amide bonds. The molecule has 1 aliphatic rings. The van der Waals surface area contributed by atoms with E-state index in [0.29, 0.717) is 11.5 Å². The molecular weight excluding hydrogens is 372 g/mol. The van der Waals surface area contributed by atoms with Crippen LogP contribution in [0.1, 0.15) is 39.0 Å². The zero-order valence-electron chi connectivity index (χ0n) is 17.8. The predicted molar refractivity (Wildman–Crippen MR) is 113 cm³/mol. The third-order valence-electron chi connectivity index (χ3n) is 5.22. The van der Waals surface area contributed by atoms with Crippen molar-refractivity contribution in [3.05, 3.63) is 69.8 Å². The summed E-state index contributed by atoms with van der Waals surface area (Å²) >= 11 is 0. The van der Waals surface area contributed by atoms with Crippen molar-refractivity contribution in [1.29, 1.82) is 0 Å². The van der Waals surface area contributed by atoms with E-state index in [1.54, 1.807) is 39.0 Å². The Morgan fingerprint density at radius 2 is 1.90 bits per heavy atom. The molecule has 1 fully saturated rings. The number of ether oxygens (including phenoxy) is 2. The van der Waals surface area contributed by atoms with Gasteiger partial charge in [-0.3, -0.25) is 0 Å². The first-order valence-corrected chi connectivity index (χ1v) is 9.49. The van der Waals surface area contributed by atoms with Gasteiger partial charge in [0.25, 0.3) is 0 Å². The first-order valence-electron chi connectivity index (χ1n) is 9.49. The number of allylic oxidation sites excluding steroid dienone is 6. The van der Waals surface area contributed by atoms with E-state index < -0.39 is 29.0 Å². The highest BCUT2D eigenvalue weighted by Gasteiger charge is 2.55. The van der Waals surface area contributed by atoms with Crippen LogP contribution in [0, 0.1) is 6.92 Å². The Bertz CT molecular complexity index is 902. The molecule has 1 aromatic rings. The van der Waals surface area contributed by atoms with Gasteiger partial charge in [0.1, 0.15) is 28.8 Å². The van der Waals surface area contributed by atoms with Gasteiger partial charge >= 0.3 is 5.63 Å². The number of methoxy groups -OCH3 is 1. The lowest BCUT2D eigenvalue weighted by Crippen LogP contribution is -2.47. The quantitative estimate of drug-likeness (QED) is 0.710. The van der Waals surface area contributed by atoms with Gasteiger partial charge in [0.05, 0.1) is 19.3 Å². The van der Waals surface area contributed by atoms with Crippen LogP contribution in [0.4, 0.5) is 0 Å². The smallest absolute Gasteiger partial charge is 0.339 e. The van der Waals surface area contributed by atoms with Gasteiger partial charge < -0.3 is 24.1 Å². The average Bonchev–Trinajstić information content (AvgIpc) is 2.79. The highest BCUT2D eigenvalue weighted by Crippen LogP contribution is 2.39. The van der Waals surface area contributed by atoms with Crippen LogP contribution in [0.25, 0.3) is 6.08 Å². The van der Waals surface area contributed by atoms with Crippen LogP contribution in [-0.2, 0) is 4.74 Å². The second kappa shape index (κ2) is 8.95. The molecule has 0 bridgehead atoms. The van der Waals surface area contributed by atoms with Gasteiger partial charge in [-0.25, -0.2) is 4.79 Å². The van der Waals surface area contributed by atoms with Gasteiger partial charge in [-0.1, -0.05) is 36.0 Å². The maximum Gasteiger partial charge on any atom is 0.339 e. The van der Waals surface area contributed by atoms with Gasteiger partial charge in [0.2, 0.25) is 0 Å². The first-order chi connectivity index (χ1) is 13.5. The maximum absolute atomic E-state index is 11.5. The molecule has 2 N–H and O–H groups in total. The summed E-state index contributed by atoms with van der Waals surface area (Å²) in [5.41, 5.74) is -1.08. The normalized spacial score (nSPS) is 30.8. The summed E-state index contributed by atoms with van der Waals surface area (Å²) in [6.45, 7) is 8.79. The largest absolute Gasteiger partial charge is 0.496 e. The third-order valence-corrected chi connectivity index (χ3v) is 5.22. The molecule has 29 heavy (non-hydrogen) atoms. The Labute approximate surface area is 171 Å². The van der Waals surface area contributed by atoms with Crippen LogP contribution in [0.5, 0.6) is 5.75 Å². The Morgan fingerprint density at radius 1 is 1.24 bits per heavy atom. The Balaban J connectivity index is 2.04. The highest BCUT2D eigenvalue weighted by molar-refractivity contribution is 5.52. The van der Waals surface area contributed by atoms with Crippen molar-refractivity contribution in [2.45, 2.75) is 58.0 Å². The molecule has 0 saturated carbocycles. The molecule has 1 saturated heterocycles. The maximum atomic E-state index is 11.5. The third kappa shape index (κ3) is 5.15. The molecule has 1 aromatic heterocycles. The SMILES string of the molecule is COc1cc(=O)oc(/C=C/C=C/C=C/C(C)=C/C2(C)OC(C)C(C)(O)C2O)c1C. The van der Waals surface area contributed by atoms with E-state index >= 15 is 0 Å². The second-order valence-corrected chi connectivity index (χ2v) is 7.69. The van der Waals surface area contributed by atoms with Crippen LogP contribution in [-0.4, -0.2) is 40.7 Å². The zero-order valence-corrected chi connectivity index (χ0v) is 17.8. The molecule has 6 nitrogen and oxygen atoms in total. The van der Waals surface area contributed by atoms with Gasteiger partial charge in [-0.15, -0.1) is 0 Å². The Morgan fingerprint density at radius 3 is 2.48 bits per heavy atom. The summed E-state index contributed by atoms with van der Waals surface area (Å²) in [5, 5.41) is 20.8. The summed E-state index contributed by atoms with van der Waals surface area (Å²) in [4.78, 5) is 11.5. The molecule has 0 radical (unpaired) electrons. The summed E-state index contributed by atoms with van der Waals surface area (Å²) in [5.74, 6) is 0.934. The van der Waals surface area contributed by atoms with Gasteiger partial charge in [0.15, 0.2) is 0 Å². The van der Waals surface area contributed by atoms with Crippen molar-refractivity contribution >= 4 is 6.08 Å². The molecule has 0 spiro atoms. The van der Waals surface area contributed by atoms with Gasteiger partial charge in [-0.05, 0) is 46.8 Å². The monoisotopic (exact) mass is 402 g/mol. The molecule has 6 heteroatoms. The number of hydrogen-bond donors (Lipinski definition) is 2. The summed E-state index contributed by atoms with van der Waals surface area (Å²) < 4.78 is 16.1. The fourth-order valence-corrected chi connectivity index (χ4v) is 3.38. The van der Waals surface area contributed by atoms with E-state index in [9.17, 15) is 15.0 Å². The van der Waals surface area contributed by atoms with Crippen molar-refractivity contribution in [2.75, 3.05) is 7.11 Å². The number of aliphatic hydroxyl groups is 2. The summed E-state index contributed by atoms with van der Waals surface area (Å²) in [6.07, 6.45) is 11.1. The van der Waals surface area contributed by atoms with Crippen LogP contribution in [0.15, 0.2) is 57.3 Å². The van der Waals surface area contributed by atoms with Gasteiger partial charge in [0, 0.05) is 5.56 Å². The summed E-state index contributed by atoms with van der Waals surface area (Å²) in [6, 6.07) is 1.31. The van der Waals surface area contributed by atoms with Crippen molar-refractivity contribution in [1.82, 2.24) is 0 Å². The van der Waals surface area contributed by atoms with E-state index in [1.165, 1.54) is 13.2 Å². The van der Waals surface area contributed by atoms with Crippen LogP contribution >= 0.6 is 0 Å². The predicted octanol–water partition coefficient (Wildman–Crippen LogP) is 3.32. The van der Waals surface area contributed by atoms with Crippen molar-refractivity contribution in [2.24, 2.45) is 0 Å². The Hall–Kier alpha value is -2.41. The molecule has 4 unspecified atom stereocenters. The molecule has 2 rings (SSSR count). The lowest BCUT2D eigenvalue weighted by Gasteiger charge is -2.28. The van der Waals surface area contributed by atoms with Crippen molar-refractivity contribution < 1.29 is 24.1 Å². The average molecular weight is 402 g/mol. The minimum absolute atomic E-state index is 0.445. The molecule has 158 valence electrons. The molecule has 0 aliphatic carbocycles. The molecule has 0 aromatic carbocycles. The number of rotatable bonds is 6. The number of hydrogen-bond acceptors (Lipinski definition) is 6. The minimum Gasteiger partial charge on any atom is -0.496 e. The molecular formula is C23H30O6. The lowest BCUT2D eigenvalue weighted by molar-refractivity contribution is -0.0579. The van der Waals surface area contributed by atoms with E-state index in [0.717, 1.165) is 11.1 Å². The minimum atomic E-state index is -1.30. The van der Waals surface area contributed by atoms with Crippen LogP contribution < -0.4 is 10.4 Å². The fraction of sp³-hybridized carbons (Fsp3) is 0.435. The fourth-order valence-electron chi connectivity index (χ4n) is 3.38. The van der Waals surface area contributed by atoms with Crippen LogP contribution in [0.3, 0.4) is 0 Å².